The summed E-state index contributed by atoms with van der Waals surface area (Å²) in [6.45, 7) is 2.60. The molecule has 0 unspecified atom stereocenters. The fourth-order valence-corrected chi connectivity index (χ4v) is 1.43. The monoisotopic (exact) mass is 230 g/mol. The van der Waals surface area contributed by atoms with Crippen molar-refractivity contribution in [1.82, 2.24) is 20.3 Å². The molecule has 2 heterocycles. The Kier molecular flexibility index (Phi) is 3.62. The number of aryl methyl sites for hydroxylation is 1. The largest absolute Gasteiger partial charge is 0.423 e. The number of hydrogen-bond donors (Lipinski definition) is 1. The summed E-state index contributed by atoms with van der Waals surface area (Å²) < 4.78 is 5.53. The standard InChI is InChI=1S/C12H14N4O/c1-9-6-10(7-13-2)16-12(15-9)17-11-4-3-5-14-8-11/h3-6,8,13H,7H2,1-2H3. The van der Waals surface area contributed by atoms with Gasteiger partial charge in [0.25, 0.3) is 0 Å². The molecule has 1 N–H and O–H groups in total. The smallest absolute Gasteiger partial charge is 0.322 e. The van der Waals surface area contributed by atoms with Gasteiger partial charge in [0, 0.05) is 18.4 Å². The minimum absolute atomic E-state index is 0.350. The zero-order valence-corrected chi connectivity index (χ0v) is 9.84. The van der Waals surface area contributed by atoms with E-state index in [1.165, 1.54) is 0 Å². The van der Waals surface area contributed by atoms with Gasteiger partial charge in [0.2, 0.25) is 0 Å². The lowest BCUT2D eigenvalue weighted by Gasteiger charge is -2.06. The van der Waals surface area contributed by atoms with Gasteiger partial charge in [-0.3, -0.25) is 4.98 Å². The Morgan fingerprint density at radius 2 is 2.24 bits per heavy atom. The summed E-state index contributed by atoms with van der Waals surface area (Å²) >= 11 is 0. The summed E-state index contributed by atoms with van der Waals surface area (Å²) in [6.07, 6.45) is 3.32. The van der Waals surface area contributed by atoms with Gasteiger partial charge in [0.1, 0.15) is 5.75 Å². The van der Waals surface area contributed by atoms with E-state index in [0.717, 1.165) is 11.4 Å². The number of ether oxygens (including phenoxy) is 1. The molecule has 0 atom stereocenters. The number of rotatable bonds is 4. The van der Waals surface area contributed by atoms with Crippen LogP contribution in [0.2, 0.25) is 0 Å². The zero-order valence-electron chi connectivity index (χ0n) is 9.84. The number of nitrogens with zero attached hydrogens (tertiary/aromatic N) is 3. The van der Waals surface area contributed by atoms with Crippen LogP contribution >= 0.6 is 0 Å². The van der Waals surface area contributed by atoms with Crippen LogP contribution in [0.4, 0.5) is 0 Å². The average molecular weight is 230 g/mol. The van der Waals surface area contributed by atoms with Gasteiger partial charge in [-0.05, 0) is 32.2 Å². The third kappa shape index (κ3) is 3.22. The van der Waals surface area contributed by atoms with E-state index in [4.69, 9.17) is 4.74 Å². The summed E-state index contributed by atoms with van der Waals surface area (Å²) in [6, 6.07) is 5.89. The van der Waals surface area contributed by atoms with Crippen LogP contribution in [-0.2, 0) is 6.54 Å². The van der Waals surface area contributed by atoms with Gasteiger partial charge < -0.3 is 10.1 Å². The SMILES string of the molecule is CNCc1cc(C)nc(Oc2cccnc2)n1. The molecule has 0 bridgehead atoms. The minimum atomic E-state index is 0.350. The predicted molar refractivity (Wildman–Crippen MR) is 63.8 cm³/mol. The Balaban J connectivity index is 2.21. The Morgan fingerprint density at radius 3 is 2.94 bits per heavy atom. The molecule has 5 heteroatoms. The highest BCUT2D eigenvalue weighted by Gasteiger charge is 2.04. The van der Waals surface area contributed by atoms with Crippen molar-refractivity contribution in [1.29, 1.82) is 0 Å². The Hall–Kier alpha value is -2.01. The van der Waals surface area contributed by atoms with Crippen molar-refractivity contribution in [2.24, 2.45) is 0 Å². The van der Waals surface area contributed by atoms with Crippen LogP contribution in [0.25, 0.3) is 0 Å². The van der Waals surface area contributed by atoms with Crippen LogP contribution in [0.5, 0.6) is 11.8 Å². The molecule has 0 aliphatic carbocycles. The summed E-state index contributed by atoms with van der Waals surface area (Å²) in [5.74, 6) is 0.633. The summed E-state index contributed by atoms with van der Waals surface area (Å²) in [7, 11) is 1.87. The molecule has 0 spiro atoms. The Morgan fingerprint density at radius 1 is 1.35 bits per heavy atom. The van der Waals surface area contributed by atoms with Gasteiger partial charge in [0.15, 0.2) is 0 Å². The lowest BCUT2D eigenvalue weighted by Crippen LogP contribution is -2.08. The second kappa shape index (κ2) is 5.36. The highest BCUT2D eigenvalue weighted by molar-refractivity contribution is 5.21. The summed E-state index contributed by atoms with van der Waals surface area (Å²) in [5, 5.41) is 3.04. The molecule has 0 saturated heterocycles. The third-order valence-electron chi connectivity index (χ3n) is 2.09. The van der Waals surface area contributed by atoms with Gasteiger partial charge in [-0.2, -0.15) is 4.98 Å². The molecule has 0 fully saturated rings. The van der Waals surface area contributed by atoms with E-state index < -0.39 is 0 Å². The highest BCUT2D eigenvalue weighted by atomic mass is 16.5. The van der Waals surface area contributed by atoms with Crippen molar-refractivity contribution >= 4 is 0 Å². The molecule has 88 valence electrons. The van der Waals surface area contributed by atoms with Crippen LogP contribution in [-0.4, -0.2) is 22.0 Å². The molecule has 2 aromatic rings. The van der Waals surface area contributed by atoms with Crippen LogP contribution in [0.15, 0.2) is 30.6 Å². The quantitative estimate of drug-likeness (QED) is 0.866. The summed E-state index contributed by atoms with van der Waals surface area (Å²) in [5.41, 5.74) is 1.78. The fourth-order valence-electron chi connectivity index (χ4n) is 1.43. The molecule has 2 rings (SSSR count). The Labute approximate surface area is 99.9 Å². The van der Waals surface area contributed by atoms with Gasteiger partial charge in [-0.15, -0.1) is 0 Å². The molecule has 0 amide bonds. The zero-order chi connectivity index (χ0) is 12.1. The second-order valence-electron chi connectivity index (χ2n) is 3.60. The van der Waals surface area contributed by atoms with E-state index in [9.17, 15) is 0 Å². The first-order chi connectivity index (χ1) is 8.28. The normalized spacial score (nSPS) is 10.2. The number of pyridine rings is 1. The maximum Gasteiger partial charge on any atom is 0.322 e. The number of nitrogens with one attached hydrogen (secondary N) is 1. The number of hydrogen-bond acceptors (Lipinski definition) is 5. The molecule has 0 radical (unpaired) electrons. The molecule has 0 aliphatic rings. The average Bonchev–Trinajstić information content (AvgIpc) is 2.30. The van der Waals surface area contributed by atoms with Crippen molar-refractivity contribution in [3.8, 4) is 11.8 Å². The van der Waals surface area contributed by atoms with Crippen LogP contribution in [0, 0.1) is 6.92 Å². The van der Waals surface area contributed by atoms with Crippen molar-refractivity contribution in [2.45, 2.75) is 13.5 Å². The first-order valence-corrected chi connectivity index (χ1v) is 5.35. The molecule has 17 heavy (non-hydrogen) atoms. The van der Waals surface area contributed by atoms with Gasteiger partial charge in [-0.25, -0.2) is 4.98 Å². The van der Waals surface area contributed by atoms with Gasteiger partial charge in [-0.1, -0.05) is 0 Å². The first-order valence-electron chi connectivity index (χ1n) is 5.35. The number of aromatic nitrogens is 3. The molecule has 0 aliphatic heterocycles. The second-order valence-corrected chi connectivity index (χ2v) is 3.60. The Bertz CT molecular complexity index is 487. The van der Waals surface area contributed by atoms with Crippen molar-refractivity contribution in [3.63, 3.8) is 0 Å². The van der Waals surface area contributed by atoms with Gasteiger partial charge >= 0.3 is 6.01 Å². The topological polar surface area (TPSA) is 59.9 Å². The maximum atomic E-state index is 5.53. The molecule has 5 nitrogen and oxygen atoms in total. The van der Waals surface area contributed by atoms with Gasteiger partial charge in [0.05, 0.1) is 11.9 Å². The maximum absolute atomic E-state index is 5.53. The van der Waals surface area contributed by atoms with E-state index >= 15 is 0 Å². The highest BCUT2D eigenvalue weighted by Crippen LogP contribution is 2.16. The fraction of sp³-hybridized carbons (Fsp3) is 0.250. The van der Waals surface area contributed by atoms with Crippen LogP contribution in [0.3, 0.4) is 0 Å². The van der Waals surface area contributed by atoms with E-state index in [1.807, 2.05) is 26.1 Å². The molecule has 0 aromatic carbocycles. The predicted octanol–water partition coefficient (Wildman–Crippen LogP) is 1.69. The molecule has 2 aromatic heterocycles. The van der Waals surface area contributed by atoms with Crippen LogP contribution < -0.4 is 10.1 Å². The molecular formula is C12H14N4O. The lowest BCUT2D eigenvalue weighted by atomic mass is 10.3. The third-order valence-corrected chi connectivity index (χ3v) is 2.09. The van der Waals surface area contributed by atoms with E-state index in [1.54, 1.807) is 18.5 Å². The van der Waals surface area contributed by atoms with Crippen molar-refractivity contribution in [2.75, 3.05) is 7.05 Å². The minimum Gasteiger partial charge on any atom is -0.423 e. The van der Waals surface area contributed by atoms with E-state index in [0.29, 0.717) is 18.3 Å². The summed E-state index contributed by atoms with van der Waals surface area (Å²) in [4.78, 5) is 12.5. The van der Waals surface area contributed by atoms with Crippen molar-refractivity contribution in [3.05, 3.63) is 42.0 Å². The first kappa shape index (κ1) is 11.5. The molecular weight excluding hydrogens is 216 g/mol. The van der Waals surface area contributed by atoms with Crippen LogP contribution in [0.1, 0.15) is 11.4 Å². The van der Waals surface area contributed by atoms with Crippen molar-refractivity contribution < 1.29 is 4.74 Å². The lowest BCUT2D eigenvalue weighted by molar-refractivity contribution is 0.435. The van der Waals surface area contributed by atoms with E-state index in [-0.39, 0.29) is 0 Å². The van der Waals surface area contributed by atoms with E-state index in [2.05, 4.69) is 20.3 Å². The molecule has 0 saturated carbocycles.